The summed E-state index contributed by atoms with van der Waals surface area (Å²) in [6, 6.07) is 13.3. The van der Waals surface area contributed by atoms with Crippen LogP contribution in [0.25, 0.3) is 0 Å². The SMILES string of the molecule is Cc1cc(C(=O)Nc2c(C)cccc2C(C)(NC(=O)c2ccc(Cl)s2)C(N)=O)ccc1N1CCOCC1=O. The number of nitrogens with zero attached hydrogens (tertiary/aromatic N) is 1. The lowest BCUT2D eigenvalue weighted by atomic mass is 9.87. The van der Waals surface area contributed by atoms with Crippen molar-refractivity contribution < 1.29 is 23.9 Å². The number of benzene rings is 2. The molecule has 0 bridgehead atoms. The van der Waals surface area contributed by atoms with Crippen LogP contribution in [0.5, 0.6) is 0 Å². The van der Waals surface area contributed by atoms with Crippen LogP contribution in [-0.2, 0) is 19.9 Å². The highest BCUT2D eigenvalue weighted by atomic mass is 35.5. The van der Waals surface area contributed by atoms with Crippen molar-refractivity contribution in [1.82, 2.24) is 5.32 Å². The van der Waals surface area contributed by atoms with Gasteiger partial charge in [-0.1, -0.05) is 29.8 Å². The molecule has 0 saturated carbocycles. The van der Waals surface area contributed by atoms with E-state index in [1.807, 2.05) is 6.92 Å². The summed E-state index contributed by atoms with van der Waals surface area (Å²) in [5, 5.41) is 5.61. The Labute approximate surface area is 228 Å². The van der Waals surface area contributed by atoms with Gasteiger partial charge in [0.1, 0.15) is 12.1 Å². The Morgan fingerprint density at radius 1 is 1.08 bits per heavy atom. The van der Waals surface area contributed by atoms with Gasteiger partial charge in [-0.05, 0) is 62.2 Å². The minimum atomic E-state index is -1.64. The van der Waals surface area contributed by atoms with Crippen molar-refractivity contribution in [3.05, 3.63) is 80.0 Å². The van der Waals surface area contributed by atoms with Crippen molar-refractivity contribution in [3.63, 3.8) is 0 Å². The van der Waals surface area contributed by atoms with Crippen LogP contribution < -0.4 is 21.3 Å². The van der Waals surface area contributed by atoms with Gasteiger partial charge >= 0.3 is 0 Å². The molecule has 1 aliphatic heterocycles. The molecule has 1 unspecified atom stereocenters. The van der Waals surface area contributed by atoms with Crippen LogP contribution in [0.15, 0.2) is 48.5 Å². The molecule has 198 valence electrons. The highest BCUT2D eigenvalue weighted by Crippen LogP contribution is 2.33. The van der Waals surface area contributed by atoms with E-state index in [4.69, 9.17) is 22.1 Å². The van der Waals surface area contributed by atoms with E-state index in [9.17, 15) is 19.2 Å². The second-order valence-corrected chi connectivity index (χ2v) is 10.8. The van der Waals surface area contributed by atoms with Gasteiger partial charge in [0, 0.05) is 23.4 Å². The first-order valence-corrected chi connectivity index (χ1v) is 13.0. The fourth-order valence-corrected chi connectivity index (χ4v) is 5.23. The van der Waals surface area contributed by atoms with E-state index >= 15 is 0 Å². The first-order valence-electron chi connectivity index (χ1n) is 11.8. The highest BCUT2D eigenvalue weighted by Gasteiger charge is 2.38. The van der Waals surface area contributed by atoms with Gasteiger partial charge < -0.3 is 26.0 Å². The summed E-state index contributed by atoms with van der Waals surface area (Å²) in [5.74, 6) is -1.89. The third-order valence-electron chi connectivity index (χ3n) is 6.44. The number of aryl methyl sites for hydroxylation is 2. The molecule has 9 nitrogen and oxygen atoms in total. The second kappa shape index (κ2) is 10.9. The molecule has 4 rings (SSSR count). The number of carbonyl (C=O) groups excluding carboxylic acids is 4. The highest BCUT2D eigenvalue weighted by molar-refractivity contribution is 7.18. The van der Waals surface area contributed by atoms with Gasteiger partial charge in [0.2, 0.25) is 5.91 Å². The zero-order valence-corrected chi connectivity index (χ0v) is 22.7. The molecule has 1 fully saturated rings. The molecule has 3 aromatic rings. The zero-order valence-electron chi connectivity index (χ0n) is 21.1. The molecule has 1 aromatic heterocycles. The summed E-state index contributed by atoms with van der Waals surface area (Å²) >= 11 is 7.03. The maximum atomic E-state index is 13.3. The average Bonchev–Trinajstić information content (AvgIpc) is 3.32. The molecule has 1 atom stereocenters. The number of halogens is 1. The smallest absolute Gasteiger partial charge is 0.262 e. The van der Waals surface area contributed by atoms with Gasteiger partial charge in [0.15, 0.2) is 0 Å². The molecule has 4 N–H and O–H groups in total. The standard InChI is InChI=1S/C27H27ClN4O5S/c1-15-5-4-6-18(27(3,26(29)36)31-25(35)20-9-10-21(28)38-20)23(15)30-24(34)17-7-8-19(16(2)13-17)32-11-12-37-14-22(32)33/h4-10,13H,11-12,14H2,1-3H3,(H2,29,36)(H,30,34)(H,31,35). The number of nitrogens with two attached hydrogens (primary N) is 1. The summed E-state index contributed by atoms with van der Waals surface area (Å²) in [4.78, 5) is 53.2. The Morgan fingerprint density at radius 3 is 2.47 bits per heavy atom. The van der Waals surface area contributed by atoms with Crippen molar-refractivity contribution in [2.24, 2.45) is 5.73 Å². The number of thiophene rings is 1. The Hall–Kier alpha value is -3.73. The predicted octanol–water partition coefficient (Wildman–Crippen LogP) is 3.76. The summed E-state index contributed by atoms with van der Waals surface area (Å²) < 4.78 is 5.63. The lowest BCUT2D eigenvalue weighted by Crippen LogP contribution is -2.53. The third-order valence-corrected chi connectivity index (χ3v) is 7.67. The fraction of sp³-hybridized carbons (Fsp3) is 0.259. The number of morpholine rings is 1. The second-order valence-electron chi connectivity index (χ2n) is 9.10. The summed E-state index contributed by atoms with van der Waals surface area (Å²) in [6.07, 6.45) is 0. The van der Waals surface area contributed by atoms with E-state index in [1.165, 1.54) is 6.92 Å². The molecule has 2 heterocycles. The summed E-state index contributed by atoms with van der Waals surface area (Å²) in [6.45, 7) is 5.99. The maximum absolute atomic E-state index is 13.3. The van der Waals surface area contributed by atoms with E-state index in [0.717, 1.165) is 16.9 Å². The third kappa shape index (κ3) is 5.42. The number of hydrogen-bond donors (Lipinski definition) is 3. The monoisotopic (exact) mass is 554 g/mol. The number of nitrogens with one attached hydrogen (secondary N) is 2. The first-order chi connectivity index (χ1) is 18.0. The van der Waals surface area contributed by atoms with E-state index in [2.05, 4.69) is 10.6 Å². The van der Waals surface area contributed by atoms with Crippen LogP contribution in [-0.4, -0.2) is 43.4 Å². The van der Waals surface area contributed by atoms with Gasteiger partial charge in [-0.25, -0.2) is 0 Å². The van der Waals surface area contributed by atoms with E-state index in [1.54, 1.807) is 60.4 Å². The van der Waals surface area contributed by atoms with Crippen molar-refractivity contribution in [3.8, 4) is 0 Å². The molecule has 1 saturated heterocycles. The number of anilines is 2. The van der Waals surface area contributed by atoms with Gasteiger partial charge in [0.05, 0.1) is 21.5 Å². The summed E-state index contributed by atoms with van der Waals surface area (Å²) in [5.41, 5.74) is 7.33. The number of rotatable bonds is 7. The molecular formula is C27H27ClN4O5S. The van der Waals surface area contributed by atoms with Crippen molar-refractivity contribution in [2.75, 3.05) is 30.0 Å². The molecule has 0 aliphatic carbocycles. The Morgan fingerprint density at radius 2 is 1.84 bits per heavy atom. The average molecular weight is 555 g/mol. The Kier molecular flexibility index (Phi) is 7.86. The molecule has 38 heavy (non-hydrogen) atoms. The largest absolute Gasteiger partial charge is 0.370 e. The molecule has 2 aromatic carbocycles. The minimum Gasteiger partial charge on any atom is -0.370 e. The number of hydrogen-bond acceptors (Lipinski definition) is 6. The number of carbonyl (C=O) groups is 4. The molecule has 11 heteroatoms. The number of amides is 4. The molecule has 4 amide bonds. The van der Waals surface area contributed by atoms with E-state index in [-0.39, 0.29) is 12.5 Å². The fourth-order valence-electron chi connectivity index (χ4n) is 4.29. The van der Waals surface area contributed by atoms with Gasteiger partial charge in [-0.3, -0.25) is 19.2 Å². The predicted molar refractivity (Wildman–Crippen MR) is 147 cm³/mol. The first kappa shape index (κ1) is 27.3. The Balaban J connectivity index is 1.64. The minimum absolute atomic E-state index is 0.0203. The van der Waals surface area contributed by atoms with E-state index in [0.29, 0.717) is 50.4 Å². The number of para-hydroxylation sites is 1. The van der Waals surface area contributed by atoms with Crippen LogP contribution in [0.1, 0.15) is 43.6 Å². The van der Waals surface area contributed by atoms with Crippen molar-refractivity contribution in [1.29, 1.82) is 0 Å². The van der Waals surface area contributed by atoms with Crippen LogP contribution in [0.2, 0.25) is 4.34 Å². The lowest BCUT2D eigenvalue weighted by molar-refractivity contribution is -0.126. The molecule has 0 spiro atoms. The molecular weight excluding hydrogens is 528 g/mol. The Bertz CT molecular complexity index is 1440. The zero-order chi connectivity index (χ0) is 27.6. The van der Waals surface area contributed by atoms with Gasteiger partial charge in [-0.2, -0.15) is 0 Å². The van der Waals surface area contributed by atoms with Crippen LogP contribution in [0.3, 0.4) is 0 Å². The number of ether oxygens (including phenoxy) is 1. The van der Waals surface area contributed by atoms with E-state index < -0.39 is 23.3 Å². The quantitative estimate of drug-likeness (QED) is 0.409. The normalized spacial score (nSPS) is 15.1. The van der Waals surface area contributed by atoms with Gasteiger partial charge in [0.25, 0.3) is 17.7 Å². The van der Waals surface area contributed by atoms with Crippen LogP contribution in [0.4, 0.5) is 11.4 Å². The van der Waals surface area contributed by atoms with Crippen LogP contribution in [0, 0.1) is 13.8 Å². The van der Waals surface area contributed by atoms with Gasteiger partial charge in [-0.15, -0.1) is 11.3 Å². The molecule has 0 radical (unpaired) electrons. The topological polar surface area (TPSA) is 131 Å². The maximum Gasteiger partial charge on any atom is 0.262 e. The number of primary amides is 1. The molecule has 1 aliphatic rings. The van der Waals surface area contributed by atoms with Crippen LogP contribution >= 0.6 is 22.9 Å². The summed E-state index contributed by atoms with van der Waals surface area (Å²) in [7, 11) is 0. The van der Waals surface area contributed by atoms with Crippen molar-refractivity contribution in [2.45, 2.75) is 26.3 Å². The van der Waals surface area contributed by atoms with Crippen molar-refractivity contribution >= 4 is 57.9 Å². The lowest BCUT2D eigenvalue weighted by Gasteiger charge is -2.30.